The van der Waals surface area contributed by atoms with E-state index in [0.29, 0.717) is 27.4 Å². The number of hydrogen-bond donors (Lipinski definition) is 0. The van der Waals surface area contributed by atoms with Gasteiger partial charge in [-0.25, -0.2) is 9.67 Å². The van der Waals surface area contributed by atoms with Crippen LogP contribution in [0, 0.1) is 6.92 Å². The van der Waals surface area contributed by atoms with Gasteiger partial charge >= 0.3 is 6.18 Å². The fraction of sp³-hybridized carbons (Fsp3) is 0.167. The average Bonchev–Trinajstić information content (AvgIpc) is 3.22. The molecule has 0 saturated carbocycles. The van der Waals surface area contributed by atoms with E-state index < -0.39 is 11.7 Å². The Labute approximate surface area is 157 Å². The molecule has 138 valence electrons. The summed E-state index contributed by atoms with van der Waals surface area (Å²) >= 11 is 6.26. The van der Waals surface area contributed by atoms with Gasteiger partial charge in [0.2, 0.25) is 0 Å². The zero-order valence-electron chi connectivity index (χ0n) is 14.3. The van der Waals surface area contributed by atoms with Gasteiger partial charge in [-0.1, -0.05) is 11.6 Å². The van der Waals surface area contributed by atoms with E-state index in [4.69, 9.17) is 11.6 Å². The molecular weight excluding hydrogens is 379 g/mol. The van der Waals surface area contributed by atoms with E-state index in [-0.39, 0.29) is 11.3 Å². The summed E-state index contributed by atoms with van der Waals surface area (Å²) in [5.74, 6) is 0. The minimum Gasteiger partial charge on any atom is -0.264 e. The van der Waals surface area contributed by atoms with Crippen LogP contribution in [0.3, 0.4) is 0 Å². The van der Waals surface area contributed by atoms with Crippen molar-refractivity contribution >= 4 is 22.6 Å². The van der Waals surface area contributed by atoms with Crippen LogP contribution in [0.25, 0.3) is 28.0 Å². The van der Waals surface area contributed by atoms with Crippen LogP contribution in [0.15, 0.2) is 42.7 Å². The van der Waals surface area contributed by atoms with E-state index in [1.807, 2.05) is 0 Å². The Balaban J connectivity index is 2.01. The third kappa shape index (κ3) is 2.95. The van der Waals surface area contributed by atoms with Gasteiger partial charge in [0, 0.05) is 30.7 Å². The Hall–Kier alpha value is -2.87. The molecule has 0 amide bonds. The van der Waals surface area contributed by atoms with Gasteiger partial charge in [-0.05, 0) is 37.3 Å². The standard InChI is InChI=1S/C18H13ClF3N5/c1-10-8-14(19)17-16(24-10)15(25-26(17)2)12-5-4-11(27-7-3-6-23-27)9-13(12)18(20,21)22/h3-9H,1-2H3. The number of pyridine rings is 1. The molecule has 3 heterocycles. The van der Waals surface area contributed by atoms with Crippen molar-refractivity contribution in [1.82, 2.24) is 24.5 Å². The van der Waals surface area contributed by atoms with E-state index in [2.05, 4.69) is 15.2 Å². The van der Waals surface area contributed by atoms with Crippen LogP contribution < -0.4 is 0 Å². The van der Waals surface area contributed by atoms with E-state index in [1.54, 1.807) is 38.4 Å². The Morgan fingerprint density at radius 1 is 1.15 bits per heavy atom. The quantitative estimate of drug-likeness (QED) is 0.493. The van der Waals surface area contributed by atoms with Crippen molar-refractivity contribution in [1.29, 1.82) is 0 Å². The molecule has 0 N–H and O–H groups in total. The minimum atomic E-state index is -4.57. The van der Waals surface area contributed by atoms with Crippen molar-refractivity contribution in [2.24, 2.45) is 7.05 Å². The fourth-order valence-corrected chi connectivity index (χ4v) is 3.44. The summed E-state index contributed by atoms with van der Waals surface area (Å²) in [7, 11) is 1.63. The van der Waals surface area contributed by atoms with Gasteiger partial charge in [0.05, 0.1) is 16.3 Å². The second-order valence-corrected chi connectivity index (χ2v) is 6.50. The molecule has 4 rings (SSSR count). The second kappa shape index (κ2) is 6.09. The van der Waals surface area contributed by atoms with Crippen molar-refractivity contribution < 1.29 is 13.2 Å². The van der Waals surface area contributed by atoms with Crippen LogP contribution >= 0.6 is 11.6 Å². The molecule has 1 aromatic carbocycles. The fourth-order valence-electron chi connectivity index (χ4n) is 3.07. The number of nitrogens with zero attached hydrogens (tertiary/aromatic N) is 5. The number of rotatable bonds is 2. The van der Waals surface area contributed by atoms with E-state index in [0.717, 1.165) is 6.07 Å². The number of hydrogen-bond acceptors (Lipinski definition) is 3. The largest absolute Gasteiger partial charge is 0.417 e. The molecule has 0 aliphatic rings. The summed E-state index contributed by atoms with van der Waals surface area (Å²) in [6, 6.07) is 7.30. The lowest BCUT2D eigenvalue weighted by Crippen LogP contribution is -2.09. The highest BCUT2D eigenvalue weighted by atomic mass is 35.5. The molecule has 0 saturated heterocycles. The predicted molar refractivity (Wildman–Crippen MR) is 95.8 cm³/mol. The first-order valence-corrected chi connectivity index (χ1v) is 8.35. The summed E-state index contributed by atoms with van der Waals surface area (Å²) in [4.78, 5) is 4.38. The molecule has 0 atom stereocenters. The van der Waals surface area contributed by atoms with Gasteiger partial charge < -0.3 is 0 Å². The lowest BCUT2D eigenvalue weighted by atomic mass is 10.0. The molecule has 0 fully saturated rings. The highest BCUT2D eigenvalue weighted by Crippen LogP contribution is 2.40. The van der Waals surface area contributed by atoms with Crippen molar-refractivity contribution in [2.45, 2.75) is 13.1 Å². The lowest BCUT2D eigenvalue weighted by Gasteiger charge is -2.13. The SMILES string of the molecule is Cc1cc(Cl)c2c(n1)c(-c1ccc(-n3cccn3)cc1C(F)(F)F)nn2C. The minimum absolute atomic E-state index is 0.0572. The Morgan fingerprint density at radius 2 is 1.93 bits per heavy atom. The summed E-state index contributed by atoms with van der Waals surface area (Å²) in [6.45, 7) is 1.73. The van der Waals surface area contributed by atoms with E-state index in [1.165, 1.54) is 21.6 Å². The van der Waals surface area contributed by atoms with Crippen molar-refractivity contribution in [2.75, 3.05) is 0 Å². The summed E-state index contributed by atoms with van der Waals surface area (Å²) < 4.78 is 44.2. The Kier molecular flexibility index (Phi) is 3.96. The molecular formula is C18H13ClF3N5. The van der Waals surface area contributed by atoms with Gasteiger partial charge in [0.25, 0.3) is 0 Å². The van der Waals surface area contributed by atoms with Gasteiger partial charge in [-0.3, -0.25) is 4.68 Å². The monoisotopic (exact) mass is 391 g/mol. The van der Waals surface area contributed by atoms with Crippen LogP contribution in [0.2, 0.25) is 5.02 Å². The predicted octanol–water partition coefficient (Wildman–Crippen LogP) is 4.80. The normalized spacial score (nSPS) is 12.1. The van der Waals surface area contributed by atoms with Gasteiger partial charge in [0.1, 0.15) is 16.7 Å². The highest BCUT2D eigenvalue weighted by molar-refractivity contribution is 6.35. The number of halogens is 4. The number of aryl methyl sites for hydroxylation is 2. The average molecular weight is 392 g/mol. The van der Waals surface area contributed by atoms with Gasteiger partial charge in [-0.2, -0.15) is 23.4 Å². The van der Waals surface area contributed by atoms with E-state index in [9.17, 15) is 13.2 Å². The maximum absolute atomic E-state index is 13.8. The molecule has 0 aliphatic carbocycles. The number of alkyl halides is 3. The highest BCUT2D eigenvalue weighted by Gasteiger charge is 2.35. The van der Waals surface area contributed by atoms with Crippen LogP contribution in [-0.2, 0) is 13.2 Å². The first-order chi connectivity index (χ1) is 12.8. The van der Waals surface area contributed by atoms with Crippen molar-refractivity contribution in [3.05, 3.63) is 59.0 Å². The number of benzene rings is 1. The molecule has 27 heavy (non-hydrogen) atoms. The van der Waals surface area contributed by atoms with Crippen molar-refractivity contribution in [3.8, 4) is 16.9 Å². The summed E-state index contributed by atoms with van der Waals surface area (Å²) in [5, 5.41) is 8.65. The van der Waals surface area contributed by atoms with Crippen LogP contribution in [0.4, 0.5) is 13.2 Å². The molecule has 3 aromatic heterocycles. The van der Waals surface area contributed by atoms with Crippen LogP contribution in [0.5, 0.6) is 0 Å². The number of fused-ring (bicyclic) bond motifs is 1. The van der Waals surface area contributed by atoms with Gasteiger partial charge in [0.15, 0.2) is 0 Å². The maximum atomic E-state index is 13.8. The lowest BCUT2D eigenvalue weighted by molar-refractivity contribution is -0.137. The first-order valence-electron chi connectivity index (χ1n) is 7.97. The van der Waals surface area contributed by atoms with Crippen LogP contribution in [0.1, 0.15) is 11.3 Å². The molecule has 4 aromatic rings. The molecule has 0 aliphatic heterocycles. The van der Waals surface area contributed by atoms with Crippen molar-refractivity contribution in [3.63, 3.8) is 0 Å². The first kappa shape index (κ1) is 17.5. The zero-order chi connectivity index (χ0) is 19.3. The molecule has 0 bridgehead atoms. The molecule has 0 radical (unpaired) electrons. The van der Waals surface area contributed by atoms with Crippen LogP contribution in [-0.4, -0.2) is 24.5 Å². The molecule has 0 unspecified atom stereocenters. The third-order valence-electron chi connectivity index (χ3n) is 4.20. The molecule has 0 spiro atoms. The van der Waals surface area contributed by atoms with E-state index >= 15 is 0 Å². The number of aromatic nitrogens is 5. The molecule has 5 nitrogen and oxygen atoms in total. The second-order valence-electron chi connectivity index (χ2n) is 6.09. The maximum Gasteiger partial charge on any atom is 0.417 e. The third-order valence-corrected chi connectivity index (χ3v) is 4.49. The Bertz CT molecular complexity index is 1150. The summed E-state index contributed by atoms with van der Waals surface area (Å²) in [6.07, 6.45) is -1.49. The summed E-state index contributed by atoms with van der Waals surface area (Å²) in [5.41, 5.74) is 0.994. The zero-order valence-corrected chi connectivity index (χ0v) is 15.0. The molecule has 9 heteroatoms. The smallest absolute Gasteiger partial charge is 0.264 e. The van der Waals surface area contributed by atoms with Gasteiger partial charge in [-0.15, -0.1) is 0 Å². The Morgan fingerprint density at radius 3 is 2.59 bits per heavy atom. The topological polar surface area (TPSA) is 48.5 Å².